The van der Waals surface area contributed by atoms with Crippen molar-refractivity contribution in [3.05, 3.63) is 34.9 Å². The van der Waals surface area contributed by atoms with Crippen LogP contribution in [0.15, 0.2) is 24.3 Å². The maximum Gasteiger partial charge on any atom is 0.227 e. The molecular formula is C13H15BrClNO. The highest BCUT2D eigenvalue weighted by Crippen LogP contribution is 2.20. The Morgan fingerprint density at radius 1 is 1.41 bits per heavy atom. The smallest absolute Gasteiger partial charge is 0.227 e. The van der Waals surface area contributed by atoms with Gasteiger partial charge in [-0.05, 0) is 30.5 Å². The number of carbonyl (C=O) groups excluding carboxylic acids is 1. The Morgan fingerprint density at radius 2 is 2.12 bits per heavy atom. The zero-order chi connectivity index (χ0) is 12.3. The molecule has 2 nitrogen and oxygen atoms in total. The van der Waals surface area contributed by atoms with E-state index in [1.165, 1.54) is 0 Å². The molecule has 0 unspecified atom stereocenters. The van der Waals surface area contributed by atoms with E-state index in [1.807, 2.05) is 29.2 Å². The van der Waals surface area contributed by atoms with Crippen LogP contribution in [-0.4, -0.2) is 28.7 Å². The average molecular weight is 317 g/mol. The molecular weight excluding hydrogens is 302 g/mol. The third-order valence-electron chi connectivity index (χ3n) is 3.14. The Hall–Kier alpha value is -0.540. The van der Waals surface area contributed by atoms with Gasteiger partial charge in [0.25, 0.3) is 0 Å². The molecule has 1 fully saturated rings. The lowest BCUT2D eigenvalue weighted by molar-refractivity contribution is -0.130. The van der Waals surface area contributed by atoms with Gasteiger partial charge in [0.05, 0.1) is 6.42 Å². The Bertz CT molecular complexity index is 393. The van der Waals surface area contributed by atoms with Crippen molar-refractivity contribution in [2.45, 2.75) is 25.3 Å². The van der Waals surface area contributed by atoms with Gasteiger partial charge < -0.3 is 4.90 Å². The molecule has 1 aliphatic rings. The zero-order valence-corrected chi connectivity index (χ0v) is 11.9. The SMILES string of the molecule is O=C(Cc1ccc(Cl)cc1)N1CCC[C@H]1CBr. The summed E-state index contributed by atoms with van der Waals surface area (Å²) in [6.07, 6.45) is 2.70. The van der Waals surface area contributed by atoms with Gasteiger partial charge in [0.15, 0.2) is 0 Å². The van der Waals surface area contributed by atoms with Crippen LogP contribution in [0.3, 0.4) is 0 Å². The lowest BCUT2D eigenvalue weighted by Gasteiger charge is -2.23. The van der Waals surface area contributed by atoms with E-state index < -0.39 is 0 Å². The third kappa shape index (κ3) is 3.23. The van der Waals surface area contributed by atoms with Crippen molar-refractivity contribution < 1.29 is 4.79 Å². The molecule has 1 atom stereocenters. The van der Waals surface area contributed by atoms with Crippen LogP contribution >= 0.6 is 27.5 Å². The maximum absolute atomic E-state index is 12.1. The number of nitrogens with zero attached hydrogens (tertiary/aromatic N) is 1. The van der Waals surface area contributed by atoms with Crippen molar-refractivity contribution in [1.82, 2.24) is 4.90 Å². The molecule has 0 aliphatic carbocycles. The van der Waals surface area contributed by atoms with Crippen LogP contribution in [0.1, 0.15) is 18.4 Å². The van der Waals surface area contributed by atoms with Crippen molar-refractivity contribution >= 4 is 33.4 Å². The highest BCUT2D eigenvalue weighted by atomic mass is 79.9. The van der Waals surface area contributed by atoms with E-state index in [1.54, 1.807) is 0 Å². The molecule has 1 heterocycles. The minimum Gasteiger partial charge on any atom is -0.339 e. The summed E-state index contributed by atoms with van der Waals surface area (Å²) in [5.74, 6) is 0.217. The maximum atomic E-state index is 12.1. The molecule has 2 rings (SSSR count). The second-order valence-electron chi connectivity index (χ2n) is 4.34. The summed E-state index contributed by atoms with van der Waals surface area (Å²) in [7, 11) is 0. The number of hydrogen-bond donors (Lipinski definition) is 0. The van der Waals surface area contributed by atoms with Crippen molar-refractivity contribution in [2.24, 2.45) is 0 Å². The van der Waals surface area contributed by atoms with Crippen molar-refractivity contribution in [3.8, 4) is 0 Å². The van der Waals surface area contributed by atoms with Crippen LogP contribution in [0.25, 0.3) is 0 Å². The van der Waals surface area contributed by atoms with Crippen molar-refractivity contribution in [1.29, 1.82) is 0 Å². The number of carbonyl (C=O) groups is 1. The number of amides is 1. The molecule has 1 aromatic rings. The first kappa shape index (κ1) is 12.9. The third-order valence-corrected chi connectivity index (χ3v) is 4.14. The van der Waals surface area contributed by atoms with Gasteiger partial charge in [0.2, 0.25) is 5.91 Å². The molecule has 0 spiro atoms. The first-order chi connectivity index (χ1) is 8.20. The summed E-state index contributed by atoms with van der Waals surface area (Å²) >= 11 is 9.29. The van der Waals surface area contributed by atoms with Gasteiger partial charge in [-0.25, -0.2) is 0 Å². The lowest BCUT2D eigenvalue weighted by atomic mass is 10.1. The van der Waals surface area contributed by atoms with E-state index >= 15 is 0 Å². The van der Waals surface area contributed by atoms with E-state index in [-0.39, 0.29) is 5.91 Å². The minimum absolute atomic E-state index is 0.217. The largest absolute Gasteiger partial charge is 0.339 e. The van der Waals surface area contributed by atoms with Crippen LogP contribution in [0.5, 0.6) is 0 Å². The quantitative estimate of drug-likeness (QED) is 0.784. The zero-order valence-electron chi connectivity index (χ0n) is 9.53. The molecule has 1 amide bonds. The fourth-order valence-electron chi connectivity index (χ4n) is 2.20. The first-order valence-corrected chi connectivity index (χ1v) is 7.30. The van der Waals surface area contributed by atoms with E-state index in [4.69, 9.17) is 11.6 Å². The van der Waals surface area contributed by atoms with Gasteiger partial charge in [-0.2, -0.15) is 0 Å². The summed E-state index contributed by atoms with van der Waals surface area (Å²) in [6, 6.07) is 7.86. The van der Waals surface area contributed by atoms with Gasteiger partial charge >= 0.3 is 0 Å². The molecule has 1 aliphatic heterocycles. The van der Waals surface area contributed by atoms with Gasteiger partial charge in [0, 0.05) is 22.9 Å². The Kier molecular flexibility index (Phi) is 4.46. The Balaban J connectivity index is 1.99. The summed E-state index contributed by atoms with van der Waals surface area (Å²) in [5.41, 5.74) is 1.03. The molecule has 0 saturated carbocycles. The first-order valence-electron chi connectivity index (χ1n) is 5.80. The molecule has 0 radical (unpaired) electrons. The molecule has 92 valence electrons. The number of rotatable bonds is 3. The molecule has 0 bridgehead atoms. The van der Waals surface area contributed by atoms with Crippen LogP contribution in [0, 0.1) is 0 Å². The van der Waals surface area contributed by atoms with E-state index in [2.05, 4.69) is 15.9 Å². The Labute approximate surface area is 115 Å². The second kappa shape index (κ2) is 5.87. The normalized spacial score (nSPS) is 19.6. The summed E-state index contributed by atoms with van der Waals surface area (Å²) < 4.78 is 0. The number of likely N-dealkylation sites (tertiary alicyclic amines) is 1. The molecule has 0 aromatic heterocycles. The van der Waals surface area contributed by atoms with Crippen LogP contribution in [0.2, 0.25) is 5.02 Å². The highest BCUT2D eigenvalue weighted by Gasteiger charge is 2.27. The van der Waals surface area contributed by atoms with Crippen molar-refractivity contribution in [2.75, 3.05) is 11.9 Å². The molecule has 4 heteroatoms. The highest BCUT2D eigenvalue weighted by molar-refractivity contribution is 9.09. The predicted molar refractivity (Wildman–Crippen MR) is 73.7 cm³/mol. The molecule has 17 heavy (non-hydrogen) atoms. The topological polar surface area (TPSA) is 20.3 Å². The number of hydrogen-bond acceptors (Lipinski definition) is 1. The van der Waals surface area contributed by atoms with Gasteiger partial charge in [-0.3, -0.25) is 4.79 Å². The van der Waals surface area contributed by atoms with E-state index in [0.717, 1.165) is 30.3 Å². The molecule has 1 aromatic carbocycles. The Morgan fingerprint density at radius 3 is 2.76 bits per heavy atom. The van der Waals surface area contributed by atoms with Crippen molar-refractivity contribution in [3.63, 3.8) is 0 Å². The minimum atomic E-state index is 0.217. The monoisotopic (exact) mass is 315 g/mol. The van der Waals surface area contributed by atoms with Gasteiger partial charge in [0.1, 0.15) is 0 Å². The van der Waals surface area contributed by atoms with Gasteiger partial charge in [-0.15, -0.1) is 0 Å². The second-order valence-corrected chi connectivity index (χ2v) is 5.42. The predicted octanol–water partition coefficient (Wildman–Crippen LogP) is 3.27. The standard InChI is InChI=1S/C13H15BrClNO/c14-9-12-2-1-7-16(12)13(17)8-10-3-5-11(15)6-4-10/h3-6,12H,1-2,7-9H2/t12-/m0/s1. The lowest BCUT2D eigenvalue weighted by Crippen LogP contribution is -2.37. The number of halogens is 2. The summed E-state index contributed by atoms with van der Waals surface area (Å²) in [6.45, 7) is 0.892. The fraction of sp³-hybridized carbons (Fsp3) is 0.462. The average Bonchev–Trinajstić information content (AvgIpc) is 2.80. The van der Waals surface area contributed by atoms with Gasteiger partial charge in [-0.1, -0.05) is 39.7 Å². The van der Waals surface area contributed by atoms with E-state index in [0.29, 0.717) is 17.5 Å². The number of alkyl halides is 1. The van der Waals surface area contributed by atoms with E-state index in [9.17, 15) is 4.79 Å². The summed E-state index contributed by atoms with van der Waals surface area (Å²) in [5, 5.41) is 1.58. The molecule has 1 saturated heterocycles. The van der Waals surface area contributed by atoms with Crippen LogP contribution in [-0.2, 0) is 11.2 Å². The molecule has 0 N–H and O–H groups in total. The van der Waals surface area contributed by atoms with Crippen LogP contribution in [0.4, 0.5) is 0 Å². The van der Waals surface area contributed by atoms with Crippen LogP contribution < -0.4 is 0 Å². The number of benzene rings is 1. The summed E-state index contributed by atoms with van der Waals surface area (Å²) in [4.78, 5) is 14.1. The fourth-order valence-corrected chi connectivity index (χ4v) is 3.00.